The minimum atomic E-state index is -3.35. The number of nitrogens with zero attached hydrogens (tertiary/aromatic N) is 1. The average Bonchev–Trinajstić information content (AvgIpc) is 3.25. The Balaban J connectivity index is 1.79. The minimum absolute atomic E-state index is 0.0191. The van der Waals surface area contributed by atoms with E-state index >= 15 is 0 Å². The summed E-state index contributed by atoms with van der Waals surface area (Å²) in [5.41, 5.74) is 0.217. The van der Waals surface area contributed by atoms with Gasteiger partial charge in [0.05, 0.1) is 17.3 Å². The highest BCUT2D eigenvalue weighted by atomic mass is 32.2. The molecule has 3 rings (SSSR count). The lowest BCUT2D eigenvalue weighted by Gasteiger charge is -2.14. The fourth-order valence-corrected chi connectivity index (χ4v) is 4.43. The molecule has 11 nitrogen and oxygen atoms in total. The molecule has 0 unspecified atom stereocenters. The Morgan fingerprint density at radius 1 is 1.06 bits per heavy atom. The Hall–Kier alpha value is -3.09. The van der Waals surface area contributed by atoms with Crippen LogP contribution in [0.3, 0.4) is 0 Å². The van der Waals surface area contributed by atoms with Gasteiger partial charge in [-0.2, -0.15) is 0 Å². The predicted octanol–water partition coefficient (Wildman–Crippen LogP) is 3.36. The van der Waals surface area contributed by atoms with Crippen LogP contribution in [0.25, 0.3) is 0 Å². The maximum Gasteiger partial charge on any atom is 0.271 e. The molecular formula is C22H24N3O8PS2. The summed E-state index contributed by atoms with van der Waals surface area (Å²) in [5.74, 6) is -0.108. The van der Waals surface area contributed by atoms with Gasteiger partial charge in [-0.3, -0.25) is 14.9 Å². The number of amides is 2. The van der Waals surface area contributed by atoms with Gasteiger partial charge in [-0.25, -0.2) is 13.4 Å². The molecule has 0 aliphatic rings. The molecule has 14 heteroatoms. The van der Waals surface area contributed by atoms with Gasteiger partial charge in [0.25, 0.3) is 11.8 Å². The monoisotopic (exact) mass is 553 g/mol. The summed E-state index contributed by atoms with van der Waals surface area (Å²) in [4.78, 5) is 47.0. The molecule has 2 amide bonds. The van der Waals surface area contributed by atoms with Crippen LogP contribution in [0.2, 0.25) is 0 Å². The zero-order valence-electron chi connectivity index (χ0n) is 19.5. The molecule has 0 saturated carbocycles. The highest BCUT2D eigenvalue weighted by molar-refractivity contribution is 7.90. The molecule has 0 bridgehead atoms. The third-order valence-corrected chi connectivity index (χ3v) is 6.67. The van der Waals surface area contributed by atoms with E-state index in [9.17, 15) is 18.0 Å². The number of hydrogen-bond donors (Lipinski definition) is 4. The lowest BCUT2D eigenvalue weighted by Crippen LogP contribution is -2.24. The number of carbonyl (C=O) groups excluding carboxylic acids is 2. The zero-order valence-corrected chi connectivity index (χ0v) is 22.0. The van der Waals surface area contributed by atoms with Gasteiger partial charge in [-0.05, 0) is 50.2 Å². The molecular weight excluding hydrogens is 529 g/mol. The summed E-state index contributed by atoms with van der Waals surface area (Å²) in [6.45, 7) is 3.66. The van der Waals surface area contributed by atoms with E-state index in [2.05, 4.69) is 15.6 Å². The van der Waals surface area contributed by atoms with Crippen molar-refractivity contribution in [2.75, 3.05) is 17.9 Å². The number of sulfone groups is 1. The molecule has 1 heterocycles. The highest BCUT2D eigenvalue weighted by Crippen LogP contribution is 2.29. The molecule has 0 fully saturated rings. The standard InChI is InChI=1S/C22H24N3O8PS2/c1-13(2)32-16-8-14(9-17(10-16)33-15-4-6-18(7-5-15)36(3,30)31)20(26)25-22-24-19(11-35-22)21(27)23-12-34(28)29/h4-11,13,28-29H,12H2,1-3H3,(H,23,27)(H,24,25,26). The van der Waals surface area contributed by atoms with Crippen LogP contribution in [0.4, 0.5) is 5.13 Å². The van der Waals surface area contributed by atoms with E-state index in [1.54, 1.807) is 6.07 Å². The normalized spacial score (nSPS) is 11.4. The first-order valence-corrected chi connectivity index (χ1v) is 14.6. The summed E-state index contributed by atoms with van der Waals surface area (Å²) in [7, 11) is -5.63. The molecule has 0 saturated heterocycles. The Labute approximate surface area is 212 Å². The Kier molecular flexibility index (Phi) is 8.98. The van der Waals surface area contributed by atoms with Crippen LogP contribution in [-0.4, -0.2) is 53.6 Å². The van der Waals surface area contributed by atoms with E-state index in [1.165, 1.54) is 41.8 Å². The van der Waals surface area contributed by atoms with Gasteiger partial charge in [-0.15, -0.1) is 11.3 Å². The molecule has 4 N–H and O–H groups in total. The molecule has 0 radical (unpaired) electrons. The third kappa shape index (κ3) is 7.97. The topological polar surface area (TPSA) is 164 Å². The van der Waals surface area contributed by atoms with Crippen LogP contribution >= 0.6 is 19.7 Å². The molecule has 0 spiro atoms. The van der Waals surface area contributed by atoms with E-state index in [0.717, 1.165) is 17.6 Å². The van der Waals surface area contributed by atoms with Gasteiger partial charge in [-0.1, -0.05) is 0 Å². The Morgan fingerprint density at radius 3 is 2.33 bits per heavy atom. The number of rotatable bonds is 10. The number of nitrogens with one attached hydrogen (secondary N) is 2. The molecule has 0 aliphatic heterocycles. The van der Waals surface area contributed by atoms with Gasteiger partial charge < -0.3 is 24.6 Å². The quantitative estimate of drug-likeness (QED) is 0.276. The molecule has 2 aromatic carbocycles. The number of aromatic nitrogens is 1. The largest absolute Gasteiger partial charge is 0.491 e. The molecule has 0 atom stereocenters. The second kappa shape index (κ2) is 11.8. The lowest BCUT2D eigenvalue weighted by molar-refractivity contribution is 0.0953. The van der Waals surface area contributed by atoms with Gasteiger partial charge >= 0.3 is 0 Å². The number of thiazole rings is 1. The van der Waals surface area contributed by atoms with Crippen LogP contribution in [0.1, 0.15) is 34.7 Å². The smallest absolute Gasteiger partial charge is 0.271 e. The first-order valence-electron chi connectivity index (χ1n) is 10.4. The Morgan fingerprint density at radius 2 is 1.72 bits per heavy atom. The van der Waals surface area contributed by atoms with Gasteiger partial charge in [0.1, 0.15) is 22.9 Å². The van der Waals surface area contributed by atoms with Crippen LogP contribution in [-0.2, 0) is 9.84 Å². The van der Waals surface area contributed by atoms with Crippen molar-refractivity contribution in [2.45, 2.75) is 24.8 Å². The molecule has 192 valence electrons. The first-order chi connectivity index (χ1) is 16.9. The second-order valence-electron chi connectivity index (χ2n) is 7.73. The number of hydrogen-bond acceptors (Lipinski definition) is 10. The number of anilines is 1. The van der Waals surface area contributed by atoms with Crippen LogP contribution in [0, 0.1) is 0 Å². The summed E-state index contributed by atoms with van der Waals surface area (Å²) in [5, 5.41) is 6.52. The maximum absolute atomic E-state index is 12.9. The van der Waals surface area contributed by atoms with E-state index in [-0.39, 0.29) is 39.4 Å². The van der Waals surface area contributed by atoms with Crippen molar-refractivity contribution in [3.05, 3.63) is 59.1 Å². The first kappa shape index (κ1) is 27.5. The van der Waals surface area contributed by atoms with Crippen molar-refractivity contribution < 1.29 is 37.3 Å². The van der Waals surface area contributed by atoms with Crippen molar-refractivity contribution >= 4 is 46.5 Å². The molecule has 0 aliphatic carbocycles. The van der Waals surface area contributed by atoms with Crippen molar-refractivity contribution in [3.8, 4) is 17.2 Å². The molecule has 1 aromatic heterocycles. The number of ether oxygens (including phenoxy) is 2. The summed E-state index contributed by atoms with van der Waals surface area (Å²) < 4.78 is 34.9. The van der Waals surface area contributed by atoms with E-state index in [4.69, 9.17) is 19.3 Å². The lowest BCUT2D eigenvalue weighted by atomic mass is 10.2. The van der Waals surface area contributed by atoms with Crippen LogP contribution in [0.15, 0.2) is 52.7 Å². The third-order valence-electron chi connectivity index (χ3n) is 4.34. The molecule has 3 aromatic rings. The zero-order chi connectivity index (χ0) is 26.5. The van der Waals surface area contributed by atoms with Crippen molar-refractivity contribution in [3.63, 3.8) is 0 Å². The van der Waals surface area contributed by atoms with Gasteiger partial charge in [0, 0.05) is 23.3 Å². The highest BCUT2D eigenvalue weighted by Gasteiger charge is 2.16. The summed E-state index contributed by atoms with van der Waals surface area (Å²) in [6, 6.07) is 10.5. The number of carbonyl (C=O) groups is 2. The SMILES string of the molecule is CC(C)Oc1cc(Oc2ccc(S(C)(=O)=O)cc2)cc(C(=O)Nc2nc(C(=O)NCP(O)O)cs2)c1. The van der Waals surface area contributed by atoms with Gasteiger partial charge in [0.2, 0.25) is 0 Å². The van der Waals surface area contributed by atoms with Crippen molar-refractivity contribution in [1.29, 1.82) is 0 Å². The maximum atomic E-state index is 12.9. The van der Waals surface area contributed by atoms with E-state index < -0.39 is 30.0 Å². The van der Waals surface area contributed by atoms with Crippen LogP contribution < -0.4 is 20.1 Å². The fraction of sp³-hybridized carbons (Fsp3) is 0.227. The fourth-order valence-electron chi connectivity index (χ4n) is 2.83. The average molecular weight is 554 g/mol. The van der Waals surface area contributed by atoms with Gasteiger partial charge in [0.15, 0.2) is 23.3 Å². The van der Waals surface area contributed by atoms with Crippen molar-refractivity contribution in [1.82, 2.24) is 10.3 Å². The Bertz CT molecular complexity index is 1340. The number of benzene rings is 2. The van der Waals surface area contributed by atoms with E-state index in [0.29, 0.717) is 11.5 Å². The van der Waals surface area contributed by atoms with Crippen molar-refractivity contribution in [2.24, 2.45) is 0 Å². The second-order valence-corrected chi connectivity index (χ2v) is 11.7. The molecule has 36 heavy (non-hydrogen) atoms. The summed E-state index contributed by atoms with van der Waals surface area (Å²) in [6.07, 6.45) is 0.637. The van der Waals surface area contributed by atoms with E-state index in [1.807, 2.05) is 13.8 Å². The van der Waals surface area contributed by atoms with Crippen LogP contribution in [0.5, 0.6) is 17.2 Å². The summed E-state index contributed by atoms with van der Waals surface area (Å²) >= 11 is 1.02. The predicted molar refractivity (Wildman–Crippen MR) is 136 cm³/mol. The minimum Gasteiger partial charge on any atom is -0.491 e.